The Hall–Kier alpha value is -8.56. The van der Waals surface area contributed by atoms with Crippen LogP contribution in [0.25, 0.3) is 90.1 Å². The van der Waals surface area contributed by atoms with E-state index in [-0.39, 0.29) is 0 Å². The maximum Gasteiger partial charge on any atom is 0.0998 e. The second-order valence-corrected chi connectivity index (χ2v) is 17.2. The highest BCUT2D eigenvalue weighted by atomic mass is 14.3. The number of rotatable bonds is 10. The van der Waals surface area contributed by atoms with E-state index in [1.165, 1.54) is 44.5 Å². The molecule has 9 aromatic carbocycles. The maximum absolute atomic E-state index is 10.3. The van der Waals surface area contributed by atoms with Crippen LogP contribution in [0.15, 0.2) is 206 Å². The summed E-state index contributed by atoms with van der Waals surface area (Å²) in [4.78, 5) is 0. The van der Waals surface area contributed by atoms with Crippen molar-refractivity contribution in [3.8, 4) is 78.9 Å². The lowest BCUT2D eigenvalue weighted by atomic mass is 9.92. The van der Waals surface area contributed by atoms with E-state index >= 15 is 0 Å². The van der Waals surface area contributed by atoms with E-state index in [1.807, 2.05) is 60.7 Å². The Kier molecular flexibility index (Phi) is 12.3. The van der Waals surface area contributed by atoms with Gasteiger partial charge in [0.05, 0.1) is 23.3 Å². The van der Waals surface area contributed by atoms with Crippen LogP contribution in [0.3, 0.4) is 0 Å². The van der Waals surface area contributed by atoms with E-state index in [0.717, 1.165) is 66.8 Å². The van der Waals surface area contributed by atoms with Gasteiger partial charge < -0.3 is 0 Å². The molecule has 0 saturated carbocycles. The van der Waals surface area contributed by atoms with Crippen LogP contribution in [0.1, 0.15) is 44.5 Å². The molecule has 0 bridgehead atoms. The molecule has 0 amide bonds. The van der Waals surface area contributed by atoms with Gasteiger partial charge in [0.1, 0.15) is 0 Å². The van der Waals surface area contributed by atoms with Gasteiger partial charge in [-0.15, -0.1) is 0 Å². The summed E-state index contributed by atoms with van der Waals surface area (Å²) in [5, 5.41) is 20.6. The van der Waals surface area contributed by atoms with Crippen LogP contribution in [0, 0.1) is 50.4 Å². The summed E-state index contributed by atoms with van der Waals surface area (Å²) in [5.74, 6) is 0. The number of benzene rings is 9. The number of nitrogens with zero attached hydrogens (tertiary/aromatic N) is 2. The Bertz CT molecular complexity index is 2960. The van der Waals surface area contributed by atoms with E-state index < -0.39 is 0 Å². The van der Waals surface area contributed by atoms with Crippen LogP contribution < -0.4 is 0 Å². The summed E-state index contributed by atoms with van der Waals surface area (Å²) < 4.78 is 0. The van der Waals surface area contributed by atoms with Crippen LogP contribution in [0.5, 0.6) is 0 Å². The van der Waals surface area contributed by atoms with Crippen molar-refractivity contribution in [3.63, 3.8) is 0 Å². The summed E-state index contributed by atoms with van der Waals surface area (Å²) in [6, 6.07) is 77.5. The quantitative estimate of drug-likeness (QED) is 0.102. The van der Waals surface area contributed by atoms with E-state index in [0.29, 0.717) is 11.1 Å². The summed E-state index contributed by atoms with van der Waals surface area (Å²) in [6.45, 7) is 8.44. The lowest BCUT2D eigenvalue weighted by Crippen LogP contribution is -1.88. The van der Waals surface area contributed by atoms with E-state index in [4.69, 9.17) is 0 Å². The molecule has 0 aliphatic rings. The smallest absolute Gasteiger partial charge is 0.0998 e. The first kappa shape index (κ1) is 42.7. The number of allylic oxidation sites excluding steroid dienone is 2. The van der Waals surface area contributed by atoms with Crippen molar-refractivity contribution in [1.29, 1.82) is 10.5 Å². The predicted octanol–water partition coefficient (Wildman–Crippen LogP) is 17.1. The highest BCUT2D eigenvalue weighted by molar-refractivity contribution is 5.93. The second kappa shape index (κ2) is 19.0. The van der Waals surface area contributed by atoms with Gasteiger partial charge in [0, 0.05) is 0 Å². The summed E-state index contributed by atoms with van der Waals surface area (Å²) in [6.07, 6.45) is 3.83. The average Bonchev–Trinajstić information content (AvgIpc) is 3.36. The molecule has 0 unspecified atom stereocenters. The Balaban J connectivity index is 0.941. The van der Waals surface area contributed by atoms with Crippen molar-refractivity contribution in [2.45, 2.75) is 27.7 Å². The van der Waals surface area contributed by atoms with E-state index in [9.17, 15) is 10.5 Å². The lowest BCUT2D eigenvalue weighted by Gasteiger charge is -2.12. The highest BCUT2D eigenvalue weighted by Gasteiger charge is 2.12. The minimum atomic E-state index is 0.576. The molecule has 66 heavy (non-hydrogen) atoms. The molecule has 0 heterocycles. The molecule has 2 heteroatoms. The molecule has 0 N–H and O–H groups in total. The van der Waals surface area contributed by atoms with Gasteiger partial charge in [-0.1, -0.05) is 192 Å². The minimum absolute atomic E-state index is 0.576. The summed E-state index contributed by atoms with van der Waals surface area (Å²) in [5.41, 5.74) is 23.3. The Morgan fingerprint density at radius 2 is 0.470 bits per heavy atom. The molecule has 2 nitrogen and oxygen atoms in total. The van der Waals surface area contributed by atoms with Crippen LogP contribution in [0.2, 0.25) is 0 Å². The SMILES string of the molecule is Cc1ccc(-c2cc(-c3ccc(C)cc3)cc(-c3ccc(/C(C#N)=C/c4ccc(/C=C(\C#N)c5ccc(-c6cc(-c7ccc(C)cc7)cc(-c7ccc(C)cc7)c6)cc5)cc4)cc3)c2)cc1. The van der Waals surface area contributed by atoms with Gasteiger partial charge in [-0.3, -0.25) is 0 Å². The fourth-order valence-electron chi connectivity index (χ4n) is 8.31. The molecule has 314 valence electrons. The molecule has 0 atom stereocenters. The van der Waals surface area contributed by atoms with Crippen molar-refractivity contribution in [2.24, 2.45) is 0 Å². The van der Waals surface area contributed by atoms with Crippen molar-refractivity contribution < 1.29 is 0 Å². The average molecular weight is 845 g/mol. The summed E-state index contributed by atoms with van der Waals surface area (Å²) >= 11 is 0. The minimum Gasteiger partial charge on any atom is -0.192 e. The molecule has 9 aromatic rings. The number of aryl methyl sites for hydroxylation is 4. The molecule has 0 aliphatic heterocycles. The normalized spacial score (nSPS) is 11.5. The first-order valence-electron chi connectivity index (χ1n) is 22.3. The van der Waals surface area contributed by atoms with Gasteiger partial charge in [-0.05, 0) is 165 Å². The van der Waals surface area contributed by atoms with Crippen molar-refractivity contribution in [3.05, 3.63) is 251 Å². The van der Waals surface area contributed by atoms with Gasteiger partial charge in [-0.25, -0.2) is 0 Å². The molecule has 9 rings (SSSR count). The molecule has 0 saturated heterocycles. The lowest BCUT2D eigenvalue weighted by molar-refractivity contribution is 1.46. The van der Waals surface area contributed by atoms with E-state index in [2.05, 4.69) is 198 Å². The standard InChI is InChI=1S/C64H48N2/c1-43-5-17-49(18-6-43)57-35-58(50-19-7-44(2)8-20-50)38-61(37-57)53-25-29-55(30-26-53)63(41-65)33-47-13-15-48(16-14-47)34-64(42-66)56-31-27-54(28-32-56)62-39-59(51-21-9-45(3)10-22-51)36-60(40-62)52-23-11-46(4)12-24-52/h5-40H,1-4H3/b63-33+,64-34+. The van der Waals surface area contributed by atoms with Crippen molar-refractivity contribution >= 4 is 23.3 Å². The monoisotopic (exact) mass is 844 g/mol. The van der Waals surface area contributed by atoms with Crippen LogP contribution in [-0.4, -0.2) is 0 Å². The Morgan fingerprint density at radius 3 is 0.667 bits per heavy atom. The zero-order valence-electron chi connectivity index (χ0n) is 37.7. The third-order valence-corrected chi connectivity index (χ3v) is 12.3. The van der Waals surface area contributed by atoms with Crippen LogP contribution >= 0.6 is 0 Å². The molecule has 0 fully saturated rings. The molecular formula is C64H48N2. The fraction of sp³-hybridized carbons (Fsp3) is 0.0625. The number of hydrogen-bond donors (Lipinski definition) is 0. The third kappa shape index (κ3) is 9.81. The molecule has 0 spiro atoms. The fourth-order valence-corrected chi connectivity index (χ4v) is 8.31. The molecule has 0 aliphatic carbocycles. The van der Waals surface area contributed by atoms with Crippen LogP contribution in [0.4, 0.5) is 0 Å². The zero-order valence-corrected chi connectivity index (χ0v) is 37.7. The molecule has 0 aromatic heterocycles. The van der Waals surface area contributed by atoms with Gasteiger partial charge >= 0.3 is 0 Å². The first-order chi connectivity index (χ1) is 32.2. The van der Waals surface area contributed by atoms with Gasteiger partial charge in [0.2, 0.25) is 0 Å². The number of nitriles is 2. The summed E-state index contributed by atoms with van der Waals surface area (Å²) in [7, 11) is 0. The topological polar surface area (TPSA) is 47.6 Å². The largest absolute Gasteiger partial charge is 0.192 e. The first-order valence-corrected chi connectivity index (χ1v) is 22.3. The van der Waals surface area contributed by atoms with Gasteiger partial charge in [0.15, 0.2) is 0 Å². The Morgan fingerprint density at radius 1 is 0.273 bits per heavy atom. The van der Waals surface area contributed by atoms with Gasteiger partial charge in [0.25, 0.3) is 0 Å². The molecular weight excluding hydrogens is 797 g/mol. The number of hydrogen-bond acceptors (Lipinski definition) is 2. The molecule has 0 radical (unpaired) electrons. The maximum atomic E-state index is 10.3. The van der Waals surface area contributed by atoms with E-state index in [1.54, 1.807) is 0 Å². The third-order valence-electron chi connectivity index (χ3n) is 12.3. The predicted molar refractivity (Wildman–Crippen MR) is 278 cm³/mol. The van der Waals surface area contributed by atoms with Crippen molar-refractivity contribution in [2.75, 3.05) is 0 Å². The van der Waals surface area contributed by atoms with Gasteiger partial charge in [-0.2, -0.15) is 10.5 Å². The second-order valence-electron chi connectivity index (χ2n) is 17.2. The zero-order chi connectivity index (χ0) is 45.6. The van der Waals surface area contributed by atoms with Crippen molar-refractivity contribution in [1.82, 2.24) is 0 Å². The van der Waals surface area contributed by atoms with Crippen LogP contribution in [-0.2, 0) is 0 Å². The highest BCUT2D eigenvalue weighted by Crippen LogP contribution is 2.36. The Labute approximate surface area is 389 Å².